The largest absolute Gasteiger partial charge is 0.378 e. The molecule has 0 saturated carbocycles. The lowest BCUT2D eigenvalue weighted by molar-refractivity contribution is -0.662. The van der Waals surface area contributed by atoms with Gasteiger partial charge in [0.05, 0.1) is 0 Å². The molecule has 0 saturated heterocycles. The number of pyridine rings is 1. The lowest BCUT2D eigenvalue weighted by Gasteiger charge is -2.11. The van der Waals surface area contributed by atoms with Gasteiger partial charge in [-0.3, -0.25) is 0 Å². The van der Waals surface area contributed by atoms with E-state index in [0.29, 0.717) is 0 Å². The number of hydrogen-bond donors (Lipinski definition) is 0. The Morgan fingerprint density at radius 1 is 0.750 bits per heavy atom. The lowest BCUT2D eigenvalue weighted by Crippen LogP contribution is -2.34. The molecule has 4 aromatic rings. The summed E-state index contributed by atoms with van der Waals surface area (Å²) in [5, 5.41) is 0. The van der Waals surface area contributed by atoms with Crippen LogP contribution in [0.15, 0.2) is 89.4 Å². The van der Waals surface area contributed by atoms with Crippen molar-refractivity contribution in [1.82, 2.24) is 0 Å². The van der Waals surface area contributed by atoms with Gasteiger partial charge in [0.25, 0.3) is 0 Å². The Morgan fingerprint density at radius 3 is 2.00 bits per heavy atom. The van der Waals surface area contributed by atoms with Crippen molar-refractivity contribution in [2.24, 2.45) is 7.05 Å². The maximum atomic E-state index is 3.55. The molecule has 32 heavy (non-hydrogen) atoms. The standard InChI is InChI=1S/C28H25BrIN2/c1-31(2)26-15-4-20(5-16-26)6-17-27-18-23(21-9-13-25(30)14-10-21)19-28(32(27)3)22-7-11-24(29)12-8-22/h4-19H,1-3H3/q+1. The number of hydrogen-bond acceptors (Lipinski definition) is 1. The van der Waals surface area contributed by atoms with Gasteiger partial charge in [-0.05, 0) is 93.9 Å². The first-order chi connectivity index (χ1) is 15.4. The molecular weight excluding hydrogens is 571 g/mol. The highest BCUT2D eigenvalue weighted by Crippen LogP contribution is 2.27. The summed E-state index contributed by atoms with van der Waals surface area (Å²) in [4.78, 5) is 2.11. The summed E-state index contributed by atoms with van der Waals surface area (Å²) >= 11 is 5.90. The smallest absolute Gasteiger partial charge is 0.213 e. The van der Waals surface area contributed by atoms with Gasteiger partial charge in [-0.15, -0.1) is 0 Å². The van der Waals surface area contributed by atoms with Gasteiger partial charge in [-0.25, -0.2) is 0 Å². The van der Waals surface area contributed by atoms with Crippen molar-refractivity contribution in [2.75, 3.05) is 19.0 Å². The molecule has 0 bridgehead atoms. The van der Waals surface area contributed by atoms with Crippen molar-refractivity contribution in [3.8, 4) is 22.4 Å². The van der Waals surface area contributed by atoms with Crippen molar-refractivity contribution in [3.05, 3.63) is 104 Å². The monoisotopic (exact) mass is 595 g/mol. The molecule has 4 heteroatoms. The highest BCUT2D eigenvalue weighted by Gasteiger charge is 2.16. The highest BCUT2D eigenvalue weighted by molar-refractivity contribution is 14.1. The van der Waals surface area contributed by atoms with E-state index < -0.39 is 0 Å². The molecular formula is C28H25BrIN2+. The molecule has 1 aromatic heterocycles. The van der Waals surface area contributed by atoms with Crippen molar-refractivity contribution in [2.45, 2.75) is 0 Å². The van der Waals surface area contributed by atoms with Gasteiger partial charge < -0.3 is 4.90 Å². The number of nitrogens with zero attached hydrogens (tertiary/aromatic N) is 2. The van der Waals surface area contributed by atoms with Gasteiger partial charge in [-0.2, -0.15) is 4.57 Å². The van der Waals surface area contributed by atoms with Crippen LogP contribution in [0.3, 0.4) is 0 Å². The van der Waals surface area contributed by atoms with E-state index in [-0.39, 0.29) is 0 Å². The van der Waals surface area contributed by atoms with Crippen LogP contribution in [0.5, 0.6) is 0 Å². The molecule has 0 atom stereocenters. The summed E-state index contributed by atoms with van der Waals surface area (Å²) in [6, 6.07) is 30.3. The molecule has 0 aliphatic carbocycles. The molecule has 0 spiro atoms. The number of halogens is 2. The maximum absolute atomic E-state index is 3.55. The SMILES string of the molecule is CN(C)c1ccc(C=Cc2cc(-c3ccc(I)cc3)cc(-c3ccc(Br)cc3)[n+]2C)cc1. The number of rotatable bonds is 5. The van der Waals surface area contributed by atoms with E-state index in [4.69, 9.17) is 0 Å². The average molecular weight is 596 g/mol. The summed E-state index contributed by atoms with van der Waals surface area (Å²) in [7, 11) is 6.25. The number of anilines is 1. The summed E-state index contributed by atoms with van der Waals surface area (Å²) in [5.41, 5.74) is 8.32. The molecule has 0 amide bonds. The van der Waals surface area contributed by atoms with Crippen LogP contribution < -0.4 is 9.47 Å². The first-order valence-electron chi connectivity index (χ1n) is 10.4. The number of aromatic nitrogens is 1. The lowest BCUT2D eigenvalue weighted by atomic mass is 10.0. The first kappa shape index (κ1) is 22.7. The molecule has 0 fully saturated rings. The van der Waals surface area contributed by atoms with Crippen LogP contribution in [-0.2, 0) is 7.05 Å². The molecule has 3 aromatic carbocycles. The van der Waals surface area contributed by atoms with E-state index in [1.807, 2.05) is 0 Å². The Labute approximate surface area is 212 Å². The van der Waals surface area contributed by atoms with Gasteiger partial charge in [0.1, 0.15) is 7.05 Å². The molecule has 1 heterocycles. The van der Waals surface area contributed by atoms with Crippen molar-refractivity contribution in [1.29, 1.82) is 0 Å². The van der Waals surface area contributed by atoms with Gasteiger partial charge in [0, 0.05) is 51.6 Å². The fourth-order valence-electron chi connectivity index (χ4n) is 3.61. The van der Waals surface area contributed by atoms with E-state index in [2.05, 4.69) is 166 Å². The van der Waals surface area contributed by atoms with E-state index in [9.17, 15) is 0 Å². The molecule has 0 unspecified atom stereocenters. The number of benzene rings is 3. The molecule has 0 radical (unpaired) electrons. The third-order valence-corrected chi connectivity index (χ3v) is 6.77. The molecule has 0 aliphatic rings. The third-order valence-electron chi connectivity index (χ3n) is 5.52. The van der Waals surface area contributed by atoms with Crippen LogP contribution in [0.2, 0.25) is 0 Å². The van der Waals surface area contributed by atoms with Gasteiger partial charge in [-0.1, -0.05) is 40.2 Å². The minimum Gasteiger partial charge on any atom is -0.378 e. The molecule has 0 N–H and O–H groups in total. The Bertz CT molecular complexity index is 1240. The van der Waals surface area contributed by atoms with Crippen molar-refractivity contribution < 1.29 is 4.57 Å². The van der Waals surface area contributed by atoms with Crippen LogP contribution in [0, 0.1) is 3.57 Å². The van der Waals surface area contributed by atoms with Crippen molar-refractivity contribution >= 4 is 56.4 Å². The highest BCUT2D eigenvalue weighted by atomic mass is 127. The first-order valence-corrected chi connectivity index (χ1v) is 12.3. The normalized spacial score (nSPS) is 11.2. The molecule has 2 nitrogen and oxygen atoms in total. The van der Waals surface area contributed by atoms with Crippen LogP contribution in [0.4, 0.5) is 5.69 Å². The maximum Gasteiger partial charge on any atom is 0.213 e. The topological polar surface area (TPSA) is 7.12 Å². The fourth-order valence-corrected chi connectivity index (χ4v) is 4.24. The minimum absolute atomic E-state index is 1.08. The van der Waals surface area contributed by atoms with Gasteiger partial charge >= 0.3 is 0 Å². The van der Waals surface area contributed by atoms with E-state index in [0.717, 1.165) is 10.2 Å². The van der Waals surface area contributed by atoms with Crippen LogP contribution in [0.25, 0.3) is 34.5 Å². The molecule has 4 rings (SSSR count). The van der Waals surface area contributed by atoms with E-state index in [1.165, 1.54) is 37.2 Å². The zero-order chi connectivity index (χ0) is 22.7. The quantitative estimate of drug-likeness (QED) is 0.172. The summed E-state index contributed by atoms with van der Waals surface area (Å²) in [6.07, 6.45) is 4.38. The summed E-state index contributed by atoms with van der Waals surface area (Å²) < 4.78 is 4.57. The van der Waals surface area contributed by atoms with E-state index in [1.54, 1.807) is 0 Å². The zero-order valence-corrected chi connectivity index (χ0v) is 22.1. The van der Waals surface area contributed by atoms with Crippen LogP contribution in [0.1, 0.15) is 11.3 Å². The molecule has 160 valence electrons. The Balaban J connectivity index is 1.79. The fraction of sp³-hybridized carbons (Fsp3) is 0.107. The predicted molar refractivity (Wildman–Crippen MR) is 149 cm³/mol. The predicted octanol–water partition coefficient (Wildman–Crippen LogP) is 7.45. The van der Waals surface area contributed by atoms with Gasteiger partial charge in [0.2, 0.25) is 11.4 Å². The minimum atomic E-state index is 1.08. The average Bonchev–Trinajstić information content (AvgIpc) is 2.80. The van der Waals surface area contributed by atoms with Crippen LogP contribution in [-0.4, -0.2) is 14.1 Å². The van der Waals surface area contributed by atoms with E-state index >= 15 is 0 Å². The Kier molecular flexibility index (Phi) is 7.11. The van der Waals surface area contributed by atoms with Crippen molar-refractivity contribution in [3.63, 3.8) is 0 Å². The zero-order valence-electron chi connectivity index (χ0n) is 18.4. The second-order valence-corrected chi connectivity index (χ2v) is 10.1. The molecule has 0 aliphatic heterocycles. The Hall–Kier alpha value is -2.44. The second kappa shape index (κ2) is 10.0. The van der Waals surface area contributed by atoms with Crippen LogP contribution >= 0.6 is 38.5 Å². The summed E-state index contributed by atoms with van der Waals surface area (Å²) in [5.74, 6) is 0. The Morgan fingerprint density at radius 2 is 1.38 bits per heavy atom. The summed E-state index contributed by atoms with van der Waals surface area (Å²) in [6.45, 7) is 0. The van der Waals surface area contributed by atoms with Gasteiger partial charge in [0.15, 0.2) is 0 Å². The second-order valence-electron chi connectivity index (χ2n) is 7.95. The third kappa shape index (κ3) is 5.30.